The summed E-state index contributed by atoms with van der Waals surface area (Å²) in [6.45, 7) is 0. The second-order valence-corrected chi connectivity index (χ2v) is 5.07. The van der Waals surface area contributed by atoms with Crippen LogP contribution in [-0.4, -0.2) is 39.7 Å². The molecule has 0 aliphatic rings. The molecule has 0 atom stereocenters. The van der Waals surface area contributed by atoms with E-state index in [2.05, 4.69) is 35.0 Å². The van der Waals surface area contributed by atoms with E-state index in [1.54, 1.807) is 17.2 Å². The van der Waals surface area contributed by atoms with E-state index < -0.39 is 0 Å². The van der Waals surface area contributed by atoms with Crippen molar-refractivity contribution in [3.05, 3.63) is 49.6 Å². The molecule has 23 heavy (non-hydrogen) atoms. The molecule has 5 aromatic rings. The number of rotatable bonds is 2. The fourth-order valence-corrected chi connectivity index (χ4v) is 2.70. The van der Waals surface area contributed by atoms with E-state index in [1.807, 2.05) is 30.7 Å². The number of H-pyrrole nitrogens is 2. The van der Waals surface area contributed by atoms with Crippen molar-refractivity contribution in [1.82, 2.24) is 39.7 Å². The molecule has 5 aromatic heterocycles. The van der Waals surface area contributed by atoms with Gasteiger partial charge in [0.05, 0.1) is 17.3 Å². The first-order valence-electron chi connectivity index (χ1n) is 7.02. The minimum Gasteiger partial charge on any atom is -0.346 e. The molecule has 8 heteroatoms. The van der Waals surface area contributed by atoms with Crippen LogP contribution in [0.4, 0.5) is 0 Å². The zero-order chi connectivity index (χ0) is 15.2. The average molecular weight is 302 g/mol. The van der Waals surface area contributed by atoms with Crippen molar-refractivity contribution < 1.29 is 0 Å². The van der Waals surface area contributed by atoms with Crippen LogP contribution in [0.1, 0.15) is 0 Å². The fourth-order valence-electron chi connectivity index (χ4n) is 2.70. The van der Waals surface area contributed by atoms with Crippen LogP contribution >= 0.6 is 0 Å². The third-order valence-corrected chi connectivity index (χ3v) is 3.76. The first kappa shape index (κ1) is 12.0. The van der Waals surface area contributed by atoms with Crippen molar-refractivity contribution in [3.8, 4) is 17.1 Å². The lowest BCUT2D eigenvalue weighted by atomic mass is 10.2. The van der Waals surface area contributed by atoms with Gasteiger partial charge in [0.1, 0.15) is 23.9 Å². The van der Waals surface area contributed by atoms with E-state index in [0.29, 0.717) is 0 Å². The van der Waals surface area contributed by atoms with Crippen LogP contribution < -0.4 is 0 Å². The maximum atomic E-state index is 4.43. The zero-order valence-corrected chi connectivity index (χ0v) is 11.8. The number of hydrogen-bond donors (Lipinski definition) is 2. The molecule has 2 N–H and O–H groups in total. The van der Waals surface area contributed by atoms with Crippen LogP contribution in [0.25, 0.3) is 39.1 Å². The van der Waals surface area contributed by atoms with Gasteiger partial charge in [-0.3, -0.25) is 0 Å². The van der Waals surface area contributed by atoms with Crippen LogP contribution in [0, 0.1) is 0 Å². The monoisotopic (exact) mass is 302 g/mol. The predicted molar refractivity (Wildman–Crippen MR) is 83.9 cm³/mol. The summed E-state index contributed by atoms with van der Waals surface area (Å²) in [4.78, 5) is 23.3. The van der Waals surface area contributed by atoms with E-state index in [-0.39, 0.29) is 0 Å². The van der Waals surface area contributed by atoms with Gasteiger partial charge in [-0.05, 0) is 12.1 Å². The molecular formula is C15H10N8. The number of nitrogens with one attached hydrogen (secondary N) is 2. The van der Waals surface area contributed by atoms with Gasteiger partial charge in [0.25, 0.3) is 0 Å². The Labute approximate surface area is 129 Å². The maximum absolute atomic E-state index is 4.43. The highest BCUT2D eigenvalue weighted by molar-refractivity contribution is 5.90. The van der Waals surface area contributed by atoms with Gasteiger partial charge in [-0.25, -0.2) is 24.6 Å². The third-order valence-electron chi connectivity index (χ3n) is 3.76. The Morgan fingerprint density at radius 2 is 1.57 bits per heavy atom. The molecule has 0 bridgehead atoms. The van der Waals surface area contributed by atoms with Crippen LogP contribution in [0.5, 0.6) is 0 Å². The summed E-state index contributed by atoms with van der Waals surface area (Å²) in [6, 6.07) is 3.89. The molecule has 8 nitrogen and oxygen atoms in total. The topological polar surface area (TPSA) is 101 Å². The lowest BCUT2D eigenvalue weighted by Gasteiger charge is -2.01. The molecule has 0 amide bonds. The summed E-state index contributed by atoms with van der Waals surface area (Å²) in [5, 5.41) is 6.30. The van der Waals surface area contributed by atoms with E-state index in [0.717, 1.165) is 39.1 Å². The van der Waals surface area contributed by atoms with Gasteiger partial charge in [0.2, 0.25) is 0 Å². The molecule has 0 saturated heterocycles. The average Bonchev–Trinajstić information content (AvgIpc) is 3.32. The van der Waals surface area contributed by atoms with Crippen molar-refractivity contribution in [2.75, 3.05) is 0 Å². The van der Waals surface area contributed by atoms with Crippen molar-refractivity contribution in [2.45, 2.75) is 0 Å². The summed E-state index contributed by atoms with van der Waals surface area (Å²) in [5.74, 6) is 0.724. The minimum absolute atomic E-state index is 0.724. The Bertz CT molecular complexity index is 1040. The first-order valence-corrected chi connectivity index (χ1v) is 7.02. The van der Waals surface area contributed by atoms with E-state index in [4.69, 9.17) is 0 Å². The number of nitrogens with zero attached hydrogens (tertiary/aromatic N) is 6. The molecule has 0 aliphatic heterocycles. The van der Waals surface area contributed by atoms with Gasteiger partial charge >= 0.3 is 0 Å². The molecule has 0 spiro atoms. The Balaban J connectivity index is 1.69. The van der Waals surface area contributed by atoms with Crippen LogP contribution in [0.2, 0.25) is 0 Å². The van der Waals surface area contributed by atoms with Crippen molar-refractivity contribution in [2.24, 2.45) is 0 Å². The smallest absolute Gasteiger partial charge is 0.166 e. The van der Waals surface area contributed by atoms with Gasteiger partial charge in [-0.2, -0.15) is 5.10 Å². The third kappa shape index (κ3) is 1.75. The molecule has 0 aliphatic carbocycles. The largest absolute Gasteiger partial charge is 0.346 e. The Morgan fingerprint density at radius 3 is 2.43 bits per heavy atom. The molecule has 0 unspecified atom stereocenters. The molecule has 5 rings (SSSR count). The number of aromatic nitrogens is 8. The number of fused-ring (bicyclic) bond motifs is 2. The number of aromatic amines is 2. The molecule has 0 radical (unpaired) electrons. The second kappa shape index (κ2) is 4.47. The Kier molecular flexibility index (Phi) is 2.34. The summed E-state index contributed by atoms with van der Waals surface area (Å²) in [6.07, 6.45) is 10.4. The molecule has 0 saturated carbocycles. The molecule has 0 fully saturated rings. The molecule has 0 aromatic carbocycles. The second-order valence-electron chi connectivity index (χ2n) is 5.07. The number of hydrogen-bond acceptors (Lipinski definition) is 5. The normalized spacial score (nSPS) is 11.5. The van der Waals surface area contributed by atoms with Gasteiger partial charge < -0.3 is 9.97 Å². The summed E-state index contributed by atoms with van der Waals surface area (Å²) < 4.78 is 1.73. The molecular weight excluding hydrogens is 292 g/mol. The molecule has 5 heterocycles. The van der Waals surface area contributed by atoms with Crippen molar-refractivity contribution >= 4 is 22.1 Å². The Hall–Kier alpha value is -3.55. The van der Waals surface area contributed by atoms with Gasteiger partial charge in [-0.15, -0.1) is 0 Å². The van der Waals surface area contributed by atoms with E-state index in [9.17, 15) is 0 Å². The van der Waals surface area contributed by atoms with E-state index >= 15 is 0 Å². The highest BCUT2D eigenvalue weighted by atomic mass is 15.3. The van der Waals surface area contributed by atoms with Gasteiger partial charge in [0, 0.05) is 29.5 Å². The minimum atomic E-state index is 0.724. The van der Waals surface area contributed by atoms with Crippen LogP contribution in [0.15, 0.2) is 49.6 Å². The summed E-state index contributed by atoms with van der Waals surface area (Å²) in [5.41, 5.74) is 3.32. The van der Waals surface area contributed by atoms with E-state index in [1.165, 1.54) is 6.33 Å². The highest BCUT2D eigenvalue weighted by Gasteiger charge is 2.12. The van der Waals surface area contributed by atoms with Crippen molar-refractivity contribution in [3.63, 3.8) is 0 Å². The first-order chi connectivity index (χ1) is 11.4. The molecule has 110 valence electrons. The zero-order valence-electron chi connectivity index (χ0n) is 11.8. The van der Waals surface area contributed by atoms with Crippen LogP contribution in [0.3, 0.4) is 0 Å². The quantitative estimate of drug-likeness (QED) is 0.520. The highest BCUT2D eigenvalue weighted by Crippen LogP contribution is 2.25. The fraction of sp³-hybridized carbons (Fsp3) is 0. The summed E-state index contributed by atoms with van der Waals surface area (Å²) >= 11 is 0. The SMILES string of the molecule is c1nc(-c2cnn(-c3ncnc4[nH]ccc34)c2)c2cc[nH]c2n1. The standard InChI is InChI=1S/C15H10N8/c1-3-16-13-10(1)12(18-7-19-13)9-5-22-23(6-9)15-11-2-4-17-14(11)20-8-21-15/h1-8H,(H,16,18,19)(H,17,20,21). The van der Waals surface area contributed by atoms with Crippen molar-refractivity contribution in [1.29, 1.82) is 0 Å². The summed E-state index contributed by atoms with van der Waals surface area (Å²) in [7, 11) is 0. The maximum Gasteiger partial charge on any atom is 0.166 e. The van der Waals surface area contributed by atoms with Crippen LogP contribution in [-0.2, 0) is 0 Å². The lowest BCUT2D eigenvalue weighted by molar-refractivity contribution is 0.851. The predicted octanol–water partition coefficient (Wildman–Crippen LogP) is 2.08. The van der Waals surface area contributed by atoms with Gasteiger partial charge in [-0.1, -0.05) is 0 Å². The van der Waals surface area contributed by atoms with Gasteiger partial charge in [0.15, 0.2) is 5.82 Å². The Morgan fingerprint density at radius 1 is 0.826 bits per heavy atom. The lowest BCUT2D eigenvalue weighted by Crippen LogP contribution is -1.99.